The largest absolute Gasteiger partial charge is 0.431 e. The van der Waals surface area contributed by atoms with Gasteiger partial charge in [-0.3, -0.25) is 0 Å². The van der Waals surface area contributed by atoms with Gasteiger partial charge in [-0.05, 0) is 65.1 Å². The Morgan fingerprint density at radius 3 is 2.05 bits per heavy atom. The summed E-state index contributed by atoms with van der Waals surface area (Å²) in [7, 11) is 3.83. The van der Waals surface area contributed by atoms with Crippen molar-refractivity contribution >= 4 is 17.4 Å². The zero-order valence-electron chi connectivity index (χ0n) is 15.0. The molecule has 0 aromatic heterocycles. The van der Waals surface area contributed by atoms with Crippen LogP contribution in [-0.2, 0) is 17.3 Å². The molecule has 0 fully saturated rings. The maximum absolute atomic E-state index is 5.98. The Balaban J connectivity index is 2.56. The number of hydrogen-bond acceptors (Lipinski definition) is 2. The summed E-state index contributed by atoms with van der Waals surface area (Å²) < 4.78 is 5.98. The molecule has 0 atom stereocenters. The molecule has 1 aliphatic carbocycles. The maximum Gasteiger partial charge on any atom is 0.264 e. The van der Waals surface area contributed by atoms with Crippen molar-refractivity contribution in [2.24, 2.45) is 0 Å². The van der Waals surface area contributed by atoms with Gasteiger partial charge in [-0.15, -0.1) is 0 Å². The van der Waals surface area contributed by atoms with Gasteiger partial charge in [0, 0.05) is 14.1 Å². The first-order valence-corrected chi connectivity index (χ1v) is 8.56. The molecule has 0 amide bonds. The first kappa shape index (κ1) is 17.3. The highest BCUT2D eigenvalue weighted by atomic mass is 32.1. The average molecular weight is 320 g/mol. The average Bonchev–Trinajstić information content (AvgIpc) is 2.43. The van der Waals surface area contributed by atoms with Crippen LogP contribution in [0.5, 0.6) is 5.75 Å². The first-order chi connectivity index (χ1) is 10.1. The van der Waals surface area contributed by atoms with E-state index in [-0.39, 0.29) is 10.8 Å². The van der Waals surface area contributed by atoms with Crippen LogP contribution in [0.25, 0.3) is 0 Å². The highest BCUT2D eigenvalue weighted by molar-refractivity contribution is 7.80. The summed E-state index contributed by atoms with van der Waals surface area (Å²) in [6.45, 7) is 11.5. The van der Waals surface area contributed by atoms with Gasteiger partial charge < -0.3 is 9.64 Å². The molecule has 0 N–H and O–H groups in total. The van der Waals surface area contributed by atoms with E-state index in [9.17, 15) is 0 Å². The molecule has 0 saturated carbocycles. The van der Waals surface area contributed by atoms with Crippen LogP contribution in [0.1, 0.15) is 64.2 Å². The fraction of sp³-hybridized carbons (Fsp3) is 0.632. The predicted molar refractivity (Wildman–Crippen MR) is 98.0 cm³/mol. The second-order valence-corrected chi connectivity index (χ2v) is 8.24. The minimum Gasteiger partial charge on any atom is -0.431 e. The van der Waals surface area contributed by atoms with Gasteiger partial charge in [-0.1, -0.05) is 40.7 Å². The number of aryl methyl sites for hydroxylation is 1. The minimum absolute atomic E-state index is 0.189. The van der Waals surface area contributed by atoms with Crippen LogP contribution in [0.2, 0.25) is 0 Å². The molecule has 122 valence electrons. The standard InChI is InChI=1S/C19H29NOS/c1-8-13-11-14-15(12-16(13)21-17(22)20(6)7)19(4,5)10-9-18(14,2)3/h11-12H,8-10H2,1-7H3. The molecule has 0 heterocycles. The Labute approximate surface area is 140 Å². The van der Waals surface area contributed by atoms with Gasteiger partial charge in [0.15, 0.2) is 0 Å². The number of ether oxygens (including phenoxy) is 1. The molecule has 2 nitrogen and oxygen atoms in total. The van der Waals surface area contributed by atoms with E-state index >= 15 is 0 Å². The van der Waals surface area contributed by atoms with Crippen molar-refractivity contribution < 1.29 is 4.74 Å². The molecule has 0 spiro atoms. The van der Waals surface area contributed by atoms with Crippen molar-refractivity contribution in [1.29, 1.82) is 0 Å². The van der Waals surface area contributed by atoms with Crippen molar-refractivity contribution in [3.63, 3.8) is 0 Å². The van der Waals surface area contributed by atoms with Gasteiger partial charge in [0.2, 0.25) is 0 Å². The third kappa shape index (κ3) is 3.15. The Hall–Kier alpha value is -1.09. The van der Waals surface area contributed by atoms with Gasteiger partial charge in [-0.25, -0.2) is 0 Å². The lowest BCUT2D eigenvalue weighted by molar-refractivity contribution is 0.329. The van der Waals surface area contributed by atoms with Gasteiger partial charge in [0.05, 0.1) is 0 Å². The van der Waals surface area contributed by atoms with Crippen molar-refractivity contribution in [3.8, 4) is 5.75 Å². The summed E-state index contributed by atoms with van der Waals surface area (Å²) in [5.74, 6) is 0.922. The fourth-order valence-corrected chi connectivity index (χ4v) is 3.29. The highest BCUT2D eigenvalue weighted by Crippen LogP contribution is 2.47. The summed E-state index contributed by atoms with van der Waals surface area (Å²) in [6, 6.07) is 4.59. The van der Waals surface area contributed by atoms with E-state index in [0.29, 0.717) is 5.17 Å². The Bertz CT molecular complexity index is 587. The van der Waals surface area contributed by atoms with Crippen molar-refractivity contribution in [2.45, 2.75) is 64.7 Å². The molecule has 22 heavy (non-hydrogen) atoms. The van der Waals surface area contributed by atoms with Crippen LogP contribution in [-0.4, -0.2) is 24.2 Å². The van der Waals surface area contributed by atoms with Crippen molar-refractivity contribution in [2.75, 3.05) is 14.1 Å². The van der Waals surface area contributed by atoms with Crippen LogP contribution in [0, 0.1) is 0 Å². The van der Waals surface area contributed by atoms with Crippen LogP contribution >= 0.6 is 12.2 Å². The van der Waals surface area contributed by atoms with E-state index in [1.165, 1.54) is 29.5 Å². The zero-order chi connectivity index (χ0) is 16.7. The molecular weight excluding hydrogens is 290 g/mol. The molecule has 2 rings (SSSR count). The fourth-order valence-electron chi connectivity index (χ4n) is 3.20. The summed E-state index contributed by atoms with van der Waals surface area (Å²) in [5.41, 5.74) is 4.56. The van der Waals surface area contributed by atoms with Crippen molar-refractivity contribution in [1.82, 2.24) is 4.90 Å². The van der Waals surface area contributed by atoms with Crippen LogP contribution in [0.15, 0.2) is 12.1 Å². The minimum atomic E-state index is 0.189. The lowest BCUT2D eigenvalue weighted by Crippen LogP contribution is -2.34. The quantitative estimate of drug-likeness (QED) is 0.725. The van der Waals surface area contributed by atoms with Gasteiger partial charge in [0.1, 0.15) is 5.75 Å². The maximum atomic E-state index is 5.98. The lowest BCUT2D eigenvalue weighted by atomic mass is 9.63. The summed E-state index contributed by atoms with van der Waals surface area (Å²) in [5, 5.41) is 0.516. The van der Waals surface area contributed by atoms with E-state index in [0.717, 1.165) is 12.2 Å². The highest BCUT2D eigenvalue weighted by Gasteiger charge is 2.37. The molecule has 1 aromatic carbocycles. The number of nitrogens with zero attached hydrogens (tertiary/aromatic N) is 1. The molecule has 0 bridgehead atoms. The predicted octanol–water partition coefficient (Wildman–Crippen LogP) is 4.82. The normalized spacial score (nSPS) is 18.5. The third-order valence-electron chi connectivity index (χ3n) is 4.98. The molecule has 3 heteroatoms. The molecule has 1 aromatic rings. The van der Waals surface area contributed by atoms with Gasteiger partial charge in [-0.2, -0.15) is 0 Å². The molecular formula is C19H29NOS. The van der Waals surface area contributed by atoms with E-state index in [1.807, 2.05) is 19.0 Å². The zero-order valence-corrected chi connectivity index (χ0v) is 15.9. The number of fused-ring (bicyclic) bond motifs is 1. The Morgan fingerprint density at radius 2 is 1.59 bits per heavy atom. The van der Waals surface area contributed by atoms with Gasteiger partial charge in [0.25, 0.3) is 5.17 Å². The smallest absolute Gasteiger partial charge is 0.264 e. The summed E-state index contributed by atoms with van der Waals surface area (Å²) >= 11 is 5.33. The first-order valence-electron chi connectivity index (χ1n) is 8.15. The second kappa shape index (κ2) is 5.84. The third-order valence-corrected chi connectivity index (χ3v) is 5.43. The molecule has 0 radical (unpaired) electrons. The number of hydrogen-bond donors (Lipinski definition) is 0. The number of thiocarbonyl (C=S) groups is 1. The Morgan fingerprint density at radius 1 is 1.09 bits per heavy atom. The molecule has 0 unspecified atom stereocenters. The summed E-state index contributed by atoms with van der Waals surface area (Å²) in [4.78, 5) is 1.84. The monoisotopic (exact) mass is 319 g/mol. The van der Waals surface area contributed by atoms with Crippen LogP contribution in [0.3, 0.4) is 0 Å². The number of rotatable bonds is 2. The van der Waals surface area contributed by atoms with E-state index < -0.39 is 0 Å². The van der Waals surface area contributed by atoms with Crippen molar-refractivity contribution in [3.05, 3.63) is 28.8 Å². The molecule has 1 aliphatic rings. The molecule has 0 saturated heterocycles. The van der Waals surface area contributed by atoms with E-state index in [2.05, 4.69) is 46.8 Å². The summed E-state index contributed by atoms with van der Waals surface area (Å²) in [6.07, 6.45) is 3.39. The lowest BCUT2D eigenvalue weighted by Gasteiger charge is -2.42. The Kier molecular flexibility index (Phi) is 4.59. The van der Waals surface area contributed by atoms with E-state index in [1.54, 1.807) is 0 Å². The SMILES string of the molecule is CCc1cc2c(cc1OC(=S)N(C)C)C(C)(C)CCC2(C)C. The second-order valence-electron chi connectivity index (χ2n) is 7.89. The number of benzene rings is 1. The topological polar surface area (TPSA) is 12.5 Å². The van der Waals surface area contributed by atoms with E-state index in [4.69, 9.17) is 17.0 Å². The van der Waals surface area contributed by atoms with Gasteiger partial charge >= 0.3 is 0 Å². The molecule has 0 aliphatic heterocycles. The van der Waals surface area contributed by atoms with Crippen LogP contribution < -0.4 is 4.74 Å². The van der Waals surface area contributed by atoms with Crippen LogP contribution in [0.4, 0.5) is 0 Å².